The summed E-state index contributed by atoms with van der Waals surface area (Å²) in [6.45, 7) is 7.96. The molecule has 1 saturated carbocycles. The highest BCUT2D eigenvalue weighted by Gasteiger charge is 2.52. The van der Waals surface area contributed by atoms with E-state index in [9.17, 15) is 30.6 Å². The first-order valence-corrected chi connectivity index (χ1v) is 12.7. The predicted molar refractivity (Wildman–Crippen MR) is 124 cm³/mol. The molecule has 2 fully saturated rings. The minimum atomic E-state index is -1.54. The van der Waals surface area contributed by atoms with Crippen LogP contribution in [0.15, 0.2) is 22.8 Å². The van der Waals surface area contributed by atoms with E-state index in [0.717, 1.165) is 31.3 Å². The maximum absolute atomic E-state index is 11.7. The van der Waals surface area contributed by atoms with Crippen molar-refractivity contribution in [2.24, 2.45) is 29.1 Å². The predicted octanol–water partition coefficient (Wildman–Crippen LogP) is 0.880. The minimum absolute atomic E-state index is 0.0993. The van der Waals surface area contributed by atoms with Gasteiger partial charge in [0.1, 0.15) is 30.5 Å². The van der Waals surface area contributed by atoms with Gasteiger partial charge < -0.3 is 40.1 Å². The Morgan fingerprint density at radius 1 is 1.03 bits per heavy atom. The summed E-state index contributed by atoms with van der Waals surface area (Å²) in [5.74, 6) is 0.285. The minimum Gasteiger partial charge on any atom is -0.396 e. The number of allylic oxidation sites excluding steroid dienone is 2. The molecule has 0 radical (unpaired) electrons. The summed E-state index contributed by atoms with van der Waals surface area (Å²) in [6.07, 6.45) is -2.83. The van der Waals surface area contributed by atoms with Crippen molar-refractivity contribution in [3.63, 3.8) is 0 Å². The van der Waals surface area contributed by atoms with Crippen LogP contribution >= 0.6 is 0 Å². The lowest BCUT2D eigenvalue weighted by atomic mass is 9.68. The van der Waals surface area contributed by atoms with Gasteiger partial charge in [0.05, 0.1) is 12.7 Å². The van der Waals surface area contributed by atoms with Gasteiger partial charge in [-0.2, -0.15) is 0 Å². The molecule has 0 aromatic heterocycles. The zero-order valence-electron chi connectivity index (χ0n) is 20.7. The molecule has 4 aliphatic rings. The fourth-order valence-corrected chi connectivity index (χ4v) is 6.82. The summed E-state index contributed by atoms with van der Waals surface area (Å²) in [5.41, 5.74) is 3.03. The topological polar surface area (TPSA) is 140 Å². The maximum atomic E-state index is 11.7. The molecule has 3 aliphatic carbocycles. The highest BCUT2D eigenvalue weighted by molar-refractivity contribution is 5.41. The fourth-order valence-electron chi connectivity index (χ4n) is 6.82. The smallest absolute Gasteiger partial charge is 0.187 e. The number of ether oxygens (including phenoxy) is 2. The standard InChI is InChI=1S/C26H42O8/c1-12(2)15-7-8-26(4)9-17-14(10-27)5-6-16(17)13(3)20(29)24(19(15)26)34-25-23(32)22(31)21(30)18(11-28)33-25/h9,12-14,16,18,20-25,27-32H,5-8,10-11H2,1-4H3/t13-,14-,16+,18?,20-,21?,22?,23?,24-,25?,26-/m1/s1. The largest absolute Gasteiger partial charge is 0.396 e. The molecular formula is C26H42O8. The van der Waals surface area contributed by atoms with Crippen molar-refractivity contribution in [2.75, 3.05) is 13.2 Å². The van der Waals surface area contributed by atoms with Gasteiger partial charge in [-0.15, -0.1) is 0 Å². The van der Waals surface area contributed by atoms with E-state index in [1.165, 1.54) is 11.1 Å². The summed E-state index contributed by atoms with van der Waals surface area (Å²) >= 11 is 0. The Kier molecular flexibility index (Phi) is 7.64. The van der Waals surface area contributed by atoms with Gasteiger partial charge in [-0.05, 0) is 49.0 Å². The Morgan fingerprint density at radius 2 is 1.74 bits per heavy atom. The van der Waals surface area contributed by atoms with Crippen LogP contribution in [0.1, 0.15) is 53.4 Å². The van der Waals surface area contributed by atoms with Crippen molar-refractivity contribution in [3.05, 3.63) is 22.8 Å². The molecule has 5 unspecified atom stereocenters. The van der Waals surface area contributed by atoms with Gasteiger partial charge in [0.2, 0.25) is 0 Å². The van der Waals surface area contributed by atoms with Crippen LogP contribution < -0.4 is 0 Å². The average molecular weight is 483 g/mol. The zero-order valence-corrected chi connectivity index (χ0v) is 20.7. The lowest BCUT2D eigenvalue weighted by Crippen LogP contribution is -2.60. The quantitative estimate of drug-likeness (QED) is 0.318. The molecule has 0 aromatic rings. The van der Waals surface area contributed by atoms with Crippen molar-refractivity contribution >= 4 is 0 Å². The van der Waals surface area contributed by atoms with Crippen LogP contribution in [-0.2, 0) is 9.47 Å². The maximum Gasteiger partial charge on any atom is 0.187 e. The van der Waals surface area contributed by atoms with Crippen molar-refractivity contribution in [1.82, 2.24) is 0 Å². The van der Waals surface area contributed by atoms with E-state index >= 15 is 0 Å². The molecule has 0 amide bonds. The van der Waals surface area contributed by atoms with Gasteiger partial charge in [0.25, 0.3) is 0 Å². The molecule has 11 atom stereocenters. The Hall–Kier alpha value is -0.840. The molecule has 8 nitrogen and oxygen atoms in total. The number of hydrogen-bond acceptors (Lipinski definition) is 8. The van der Waals surface area contributed by atoms with E-state index in [0.29, 0.717) is 0 Å². The van der Waals surface area contributed by atoms with Crippen LogP contribution in [-0.4, -0.2) is 86.8 Å². The van der Waals surface area contributed by atoms with Crippen LogP contribution in [0.4, 0.5) is 0 Å². The van der Waals surface area contributed by atoms with E-state index in [2.05, 4.69) is 26.8 Å². The Bertz CT molecular complexity index is 807. The van der Waals surface area contributed by atoms with Crippen molar-refractivity contribution in [1.29, 1.82) is 0 Å². The Balaban J connectivity index is 1.78. The van der Waals surface area contributed by atoms with Gasteiger partial charge in [0.15, 0.2) is 6.29 Å². The molecule has 0 bridgehead atoms. The first-order valence-electron chi connectivity index (χ1n) is 12.7. The Morgan fingerprint density at radius 3 is 2.35 bits per heavy atom. The molecule has 0 aromatic carbocycles. The van der Waals surface area contributed by atoms with Crippen molar-refractivity contribution in [3.8, 4) is 0 Å². The number of hydrogen-bond donors (Lipinski definition) is 6. The average Bonchev–Trinajstić information content (AvgIpc) is 3.36. The second kappa shape index (κ2) is 9.90. The van der Waals surface area contributed by atoms with E-state index in [1.54, 1.807) is 0 Å². The normalized spacial score (nSPS) is 47.3. The zero-order chi connectivity index (χ0) is 24.9. The van der Waals surface area contributed by atoms with Gasteiger partial charge in [-0.25, -0.2) is 0 Å². The van der Waals surface area contributed by atoms with Crippen LogP contribution in [0.2, 0.25) is 0 Å². The van der Waals surface area contributed by atoms with Crippen LogP contribution in [0, 0.1) is 29.1 Å². The molecule has 6 N–H and O–H groups in total. The molecular weight excluding hydrogens is 440 g/mol. The van der Waals surface area contributed by atoms with Gasteiger partial charge in [-0.1, -0.05) is 44.9 Å². The monoisotopic (exact) mass is 482 g/mol. The SMILES string of the molecule is CC(C)C1=C2[C@@H](OC3OC(CO)C(O)C(O)C3O)[C@H](O)[C@H](C)[C@@H]3CC[C@H](CO)C3=C[C@@]2(C)CC1. The lowest BCUT2D eigenvalue weighted by Gasteiger charge is -2.45. The summed E-state index contributed by atoms with van der Waals surface area (Å²) in [6, 6.07) is 0. The van der Waals surface area contributed by atoms with E-state index in [4.69, 9.17) is 9.47 Å². The van der Waals surface area contributed by atoms with Crippen molar-refractivity contribution < 1.29 is 40.1 Å². The third-order valence-electron chi connectivity index (χ3n) is 8.90. The van der Waals surface area contributed by atoms with Crippen LogP contribution in [0.3, 0.4) is 0 Å². The van der Waals surface area contributed by atoms with Crippen molar-refractivity contribution in [2.45, 2.75) is 96.3 Å². The van der Waals surface area contributed by atoms with Crippen LogP contribution in [0.25, 0.3) is 0 Å². The van der Waals surface area contributed by atoms with E-state index < -0.39 is 49.5 Å². The van der Waals surface area contributed by atoms with Gasteiger partial charge in [0, 0.05) is 17.9 Å². The Labute approximate surface area is 201 Å². The van der Waals surface area contributed by atoms with E-state index in [1.807, 2.05) is 6.92 Å². The highest BCUT2D eigenvalue weighted by atomic mass is 16.7. The molecule has 1 aliphatic heterocycles. The van der Waals surface area contributed by atoms with Crippen LogP contribution in [0.5, 0.6) is 0 Å². The molecule has 194 valence electrons. The van der Waals surface area contributed by atoms with Gasteiger partial charge >= 0.3 is 0 Å². The summed E-state index contributed by atoms with van der Waals surface area (Å²) in [4.78, 5) is 0. The second-order valence-electron chi connectivity index (χ2n) is 11.3. The summed E-state index contributed by atoms with van der Waals surface area (Å²) in [5, 5.41) is 62.5. The molecule has 8 heteroatoms. The van der Waals surface area contributed by atoms with Gasteiger partial charge in [-0.3, -0.25) is 0 Å². The first-order chi connectivity index (χ1) is 16.0. The third kappa shape index (κ3) is 4.30. The lowest BCUT2D eigenvalue weighted by molar-refractivity contribution is -0.315. The first kappa shape index (κ1) is 26.2. The molecule has 1 heterocycles. The molecule has 4 rings (SSSR count). The highest BCUT2D eigenvalue weighted by Crippen LogP contribution is 2.55. The number of aliphatic hydroxyl groups excluding tert-OH is 6. The summed E-state index contributed by atoms with van der Waals surface area (Å²) in [7, 11) is 0. The second-order valence-corrected chi connectivity index (χ2v) is 11.3. The fraction of sp³-hybridized carbons (Fsp3) is 0.846. The molecule has 1 saturated heterocycles. The number of rotatable bonds is 5. The third-order valence-corrected chi connectivity index (χ3v) is 8.90. The van der Waals surface area contributed by atoms with E-state index in [-0.39, 0.29) is 35.7 Å². The number of aliphatic hydroxyl groups is 6. The molecule has 34 heavy (non-hydrogen) atoms. The molecule has 0 spiro atoms. The summed E-state index contributed by atoms with van der Waals surface area (Å²) < 4.78 is 12.0. The number of fused-ring (bicyclic) bond motifs is 2.